The first-order valence-corrected chi connectivity index (χ1v) is 8.05. The van der Waals surface area contributed by atoms with Crippen molar-refractivity contribution < 1.29 is 4.92 Å². The zero-order chi connectivity index (χ0) is 15.3. The predicted octanol–water partition coefficient (Wildman–Crippen LogP) is 4.22. The van der Waals surface area contributed by atoms with Crippen LogP contribution in [0.1, 0.15) is 57.4 Å². The smallest absolute Gasteiger partial charge is 0.272 e. The van der Waals surface area contributed by atoms with Gasteiger partial charge in [-0.25, -0.2) is 0 Å². The van der Waals surface area contributed by atoms with Gasteiger partial charge in [-0.3, -0.25) is 10.1 Å². The molecule has 0 atom stereocenters. The first-order valence-electron chi connectivity index (χ1n) is 8.05. The molecule has 2 rings (SSSR count). The van der Waals surface area contributed by atoms with Crippen LogP contribution in [0.5, 0.6) is 0 Å². The first kappa shape index (κ1) is 16.0. The lowest BCUT2D eigenvalue weighted by atomic mass is 9.73. The van der Waals surface area contributed by atoms with E-state index in [9.17, 15) is 10.1 Å². The highest BCUT2D eigenvalue weighted by Crippen LogP contribution is 2.36. The quantitative estimate of drug-likeness (QED) is 0.630. The van der Waals surface area contributed by atoms with E-state index < -0.39 is 0 Å². The molecule has 0 spiro atoms. The molecule has 4 heteroatoms. The summed E-state index contributed by atoms with van der Waals surface area (Å²) in [7, 11) is 0. The van der Waals surface area contributed by atoms with Crippen molar-refractivity contribution in [2.75, 3.05) is 0 Å². The maximum Gasteiger partial charge on any atom is 0.272 e. The number of nitro benzene ring substituents is 1. The molecule has 116 valence electrons. The Balaban J connectivity index is 1.99. The van der Waals surface area contributed by atoms with Gasteiger partial charge in [0.15, 0.2) is 0 Å². The van der Waals surface area contributed by atoms with Crippen molar-refractivity contribution in [3.63, 3.8) is 0 Å². The zero-order valence-corrected chi connectivity index (χ0v) is 12.9. The third kappa shape index (κ3) is 4.27. The van der Waals surface area contributed by atoms with Crippen molar-refractivity contribution in [3.05, 3.63) is 39.9 Å². The van der Waals surface area contributed by atoms with Crippen LogP contribution in [-0.2, 0) is 6.42 Å². The molecule has 1 aliphatic rings. The van der Waals surface area contributed by atoms with E-state index in [1.54, 1.807) is 12.1 Å². The van der Waals surface area contributed by atoms with Gasteiger partial charge in [0.25, 0.3) is 5.69 Å². The standard InChI is InChI=1S/C17H26N2O2/c1-2-3-6-14-9-11-17(18,12-10-14)13-15-7-4-5-8-16(15)19(20)21/h4-5,7-8,14H,2-3,6,9-13,18H2,1H3. The number of unbranched alkanes of at least 4 members (excludes halogenated alkanes) is 1. The summed E-state index contributed by atoms with van der Waals surface area (Å²) >= 11 is 0. The van der Waals surface area contributed by atoms with Gasteiger partial charge >= 0.3 is 0 Å². The Hall–Kier alpha value is -1.42. The van der Waals surface area contributed by atoms with E-state index in [-0.39, 0.29) is 16.1 Å². The maximum atomic E-state index is 11.1. The van der Waals surface area contributed by atoms with Gasteiger partial charge < -0.3 is 5.73 Å². The van der Waals surface area contributed by atoms with E-state index >= 15 is 0 Å². The van der Waals surface area contributed by atoms with Crippen LogP contribution in [0, 0.1) is 16.0 Å². The molecule has 0 radical (unpaired) electrons. The summed E-state index contributed by atoms with van der Waals surface area (Å²) < 4.78 is 0. The summed E-state index contributed by atoms with van der Waals surface area (Å²) in [5, 5.41) is 11.1. The SMILES string of the molecule is CCCCC1CCC(N)(Cc2ccccc2[N+](=O)[O-])CC1. The lowest BCUT2D eigenvalue weighted by Crippen LogP contribution is -2.45. The highest BCUT2D eigenvalue weighted by Gasteiger charge is 2.33. The number of para-hydroxylation sites is 1. The molecule has 1 aromatic rings. The largest absolute Gasteiger partial charge is 0.325 e. The molecule has 0 bridgehead atoms. The van der Waals surface area contributed by atoms with Crippen LogP contribution < -0.4 is 5.73 Å². The fourth-order valence-corrected chi connectivity index (χ4v) is 3.43. The van der Waals surface area contributed by atoms with Crippen molar-refractivity contribution >= 4 is 5.69 Å². The molecule has 21 heavy (non-hydrogen) atoms. The van der Waals surface area contributed by atoms with Crippen LogP contribution in [0.25, 0.3) is 0 Å². The molecule has 1 aromatic carbocycles. The molecule has 0 unspecified atom stereocenters. The van der Waals surface area contributed by atoms with Crippen LogP contribution in [0.15, 0.2) is 24.3 Å². The molecular formula is C17H26N2O2. The summed E-state index contributed by atoms with van der Waals surface area (Å²) in [6.07, 6.45) is 8.75. The van der Waals surface area contributed by atoms with Gasteiger partial charge in [0, 0.05) is 17.2 Å². The summed E-state index contributed by atoms with van der Waals surface area (Å²) in [6, 6.07) is 6.99. The summed E-state index contributed by atoms with van der Waals surface area (Å²) in [5.41, 5.74) is 7.24. The molecule has 0 aromatic heterocycles. The van der Waals surface area contributed by atoms with E-state index in [2.05, 4.69) is 6.92 Å². The Kier molecular flexibility index (Phi) is 5.34. The third-order valence-electron chi connectivity index (χ3n) is 4.80. The summed E-state index contributed by atoms with van der Waals surface area (Å²) in [4.78, 5) is 10.8. The number of benzene rings is 1. The molecule has 0 saturated heterocycles. The zero-order valence-electron chi connectivity index (χ0n) is 12.9. The molecular weight excluding hydrogens is 264 g/mol. The lowest BCUT2D eigenvalue weighted by Gasteiger charge is -2.37. The van der Waals surface area contributed by atoms with E-state index in [1.165, 1.54) is 19.3 Å². The number of nitrogens with zero attached hydrogens (tertiary/aromatic N) is 1. The van der Waals surface area contributed by atoms with E-state index in [0.717, 1.165) is 37.2 Å². The lowest BCUT2D eigenvalue weighted by molar-refractivity contribution is -0.385. The van der Waals surface area contributed by atoms with Crippen molar-refractivity contribution in [1.82, 2.24) is 0 Å². The highest BCUT2D eigenvalue weighted by molar-refractivity contribution is 5.40. The monoisotopic (exact) mass is 290 g/mol. The molecule has 1 aliphatic carbocycles. The molecule has 2 N–H and O–H groups in total. The van der Waals surface area contributed by atoms with Crippen LogP contribution in [0.4, 0.5) is 5.69 Å². The second-order valence-electron chi connectivity index (χ2n) is 6.51. The minimum atomic E-state index is -0.300. The van der Waals surface area contributed by atoms with Crippen LogP contribution >= 0.6 is 0 Å². The Morgan fingerprint density at radius 2 is 2.00 bits per heavy atom. The second kappa shape index (κ2) is 7.03. The van der Waals surface area contributed by atoms with Crippen molar-refractivity contribution in [1.29, 1.82) is 0 Å². The third-order valence-corrected chi connectivity index (χ3v) is 4.80. The number of hydrogen-bond donors (Lipinski definition) is 1. The number of rotatable bonds is 6. The van der Waals surface area contributed by atoms with Gasteiger partial charge in [-0.15, -0.1) is 0 Å². The Morgan fingerprint density at radius 3 is 2.62 bits per heavy atom. The number of hydrogen-bond acceptors (Lipinski definition) is 3. The van der Waals surface area contributed by atoms with Gasteiger partial charge in [0.2, 0.25) is 0 Å². The van der Waals surface area contributed by atoms with Gasteiger partial charge in [-0.05, 0) is 38.0 Å². The molecule has 0 heterocycles. The van der Waals surface area contributed by atoms with Gasteiger partial charge in [0.05, 0.1) is 4.92 Å². The van der Waals surface area contributed by atoms with Gasteiger partial charge in [-0.1, -0.05) is 44.4 Å². The number of nitro groups is 1. The number of nitrogens with two attached hydrogens (primary N) is 1. The Labute approximate surface area is 126 Å². The average molecular weight is 290 g/mol. The Morgan fingerprint density at radius 1 is 1.33 bits per heavy atom. The van der Waals surface area contributed by atoms with Crippen LogP contribution in [-0.4, -0.2) is 10.5 Å². The topological polar surface area (TPSA) is 69.2 Å². The molecule has 0 amide bonds. The normalized spacial score (nSPS) is 25.7. The van der Waals surface area contributed by atoms with Gasteiger partial charge in [-0.2, -0.15) is 0 Å². The van der Waals surface area contributed by atoms with Crippen molar-refractivity contribution in [3.8, 4) is 0 Å². The maximum absolute atomic E-state index is 11.1. The van der Waals surface area contributed by atoms with Crippen molar-refractivity contribution in [2.24, 2.45) is 11.7 Å². The molecule has 1 saturated carbocycles. The van der Waals surface area contributed by atoms with Crippen LogP contribution in [0.2, 0.25) is 0 Å². The Bertz CT molecular complexity index is 479. The van der Waals surface area contributed by atoms with Crippen LogP contribution in [0.3, 0.4) is 0 Å². The summed E-state index contributed by atoms with van der Waals surface area (Å²) in [5.74, 6) is 0.799. The van der Waals surface area contributed by atoms with Crippen molar-refractivity contribution in [2.45, 2.75) is 63.8 Å². The average Bonchev–Trinajstić information content (AvgIpc) is 2.47. The predicted molar refractivity (Wildman–Crippen MR) is 85.2 cm³/mol. The first-order chi connectivity index (χ1) is 10.0. The van der Waals surface area contributed by atoms with E-state index in [0.29, 0.717) is 6.42 Å². The van der Waals surface area contributed by atoms with Gasteiger partial charge in [0.1, 0.15) is 0 Å². The fourth-order valence-electron chi connectivity index (χ4n) is 3.43. The fraction of sp³-hybridized carbons (Fsp3) is 0.647. The van der Waals surface area contributed by atoms with E-state index in [1.807, 2.05) is 12.1 Å². The molecule has 4 nitrogen and oxygen atoms in total. The minimum absolute atomic E-state index is 0.204. The molecule has 0 aliphatic heterocycles. The highest BCUT2D eigenvalue weighted by atomic mass is 16.6. The summed E-state index contributed by atoms with van der Waals surface area (Å²) in [6.45, 7) is 2.23. The second-order valence-corrected chi connectivity index (χ2v) is 6.51. The molecule has 1 fully saturated rings. The van der Waals surface area contributed by atoms with E-state index in [4.69, 9.17) is 5.73 Å². The minimum Gasteiger partial charge on any atom is -0.325 e.